The van der Waals surface area contributed by atoms with Gasteiger partial charge in [0.2, 0.25) is 5.51 Å². The molecule has 264 valence electrons. The molecule has 1 fully saturated rings. The van der Waals surface area contributed by atoms with Gasteiger partial charge in [0.25, 0.3) is 0 Å². The van der Waals surface area contributed by atoms with Crippen molar-refractivity contribution < 1.29 is 31.7 Å². The molecule has 46 heavy (non-hydrogen) atoms. The summed E-state index contributed by atoms with van der Waals surface area (Å²) < 4.78 is 51.1. The summed E-state index contributed by atoms with van der Waals surface area (Å²) in [6, 6.07) is 5.78. The van der Waals surface area contributed by atoms with Gasteiger partial charge in [0.15, 0.2) is 12.5 Å². The second kappa shape index (κ2) is 26.6. The maximum atomic E-state index is 10.4. The predicted molar refractivity (Wildman–Crippen MR) is 187 cm³/mol. The first kappa shape index (κ1) is 40.8. The highest BCUT2D eigenvalue weighted by molar-refractivity contribution is 7.85. The first-order chi connectivity index (χ1) is 22.4. The minimum absolute atomic E-state index is 0.000164. The maximum Gasteiger partial charge on any atom is 0.224 e. The molecule has 1 aromatic heterocycles. The van der Waals surface area contributed by atoms with Crippen molar-refractivity contribution >= 4 is 21.5 Å². The van der Waals surface area contributed by atoms with Gasteiger partial charge in [-0.25, -0.2) is 8.42 Å². The van der Waals surface area contributed by atoms with E-state index in [1.54, 1.807) is 23.5 Å². The van der Waals surface area contributed by atoms with Gasteiger partial charge in [0.1, 0.15) is 22.8 Å². The molecule has 0 saturated carbocycles. The monoisotopic (exact) mass is 681 g/mol. The molecular weight excluding hydrogens is 619 g/mol. The van der Waals surface area contributed by atoms with E-state index in [1.165, 1.54) is 128 Å². The van der Waals surface area contributed by atoms with E-state index in [4.69, 9.17) is 14.2 Å². The predicted octanol–water partition coefficient (Wildman–Crippen LogP) is 9.51. The fraction of sp³-hybridized carbons (Fsp3) is 0.757. The third kappa shape index (κ3) is 21.5. The van der Waals surface area contributed by atoms with Crippen molar-refractivity contribution in [2.75, 3.05) is 19.8 Å². The lowest BCUT2D eigenvalue weighted by molar-refractivity contribution is -0.692. The summed E-state index contributed by atoms with van der Waals surface area (Å²) in [5, 5.41) is 2.13. The Morgan fingerprint density at radius 2 is 1.39 bits per heavy atom. The van der Waals surface area contributed by atoms with Gasteiger partial charge in [-0.1, -0.05) is 132 Å². The lowest BCUT2D eigenvalue weighted by Gasteiger charge is -2.12. The Kier molecular flexibility index (Phi) is 23.6. The molecule has 0 spiro atoms. The summed E-state index contributed by atoms with van der Waals surface area (Å²) in [5.41, 5.74) is 3.11. The van der Waals surface area contributed by atoms with Gasteiger partial charge in [-0.05, 0) is 44.7 Å². The quantitative estimate of drug-likeness (QED) is 0.0558. The molecule has 1 aliphatic rings. The van der Waals surface area contributed by atoms with E-state index in [-0.39, 0.29) is 17.3 Å². The summed E-state index contributed by atoms with van der Waals surface area (Å²) >= 11 is 1.76. The molecule has 2 aromatic rings. The Morgan fingerprint density at radius 3 is 1.96 bits per heavy atom. The molecule has 0 N–H and O–H groups in total. The lowest BCUT2D eigenvalue weighted by atomic mass is 10.0. The van der Waals surface area contributed by atoms with E-state index in [0.717, 1.165) is 31.6 Å². The average Bonchev–Trinajstić information content (AvgIpc) is 3.73. The summed E-state index contributed by atoms with van der Waals surface area (Å²) in [6.07, 6.45) is 29.3. The number of unbranched alkanes of at least 4 members (excludes halogenated alkanes) is 17. The molecule has 1 aliphatic heterocycles. The van der Waals surface area contributed by atoms with Gasteiger partial charge in [-0.15, -0.1) is 0 Å². The molecule has 0 amide bonds. The number of aromatic nitrogens is 1. The summed E-state index contributed by atoms with van der Waals surface area (Å²) in [7, 11) is -4.27. The van der Waals surface area contributed by atoms with Crippen LogP contribution in [0.1, 0.15) is 141 Å². The van der Waals surface area contributed by atoms with Gasteiger partial charge >= 0.3 is 0 Å². The lowest BCUT2D eigenvalue weighted by Crippen LogP contribution is -2.29. The Bertz CT molecular complexity index is 1060. The molecule has 1 aromatic carbocycles. The number of thiazole rings is 1. The Balaban J connectivity index is 0.000000562. The van der Waals surface area contributed by atoms with E-state index in [0.29, 0.717) is 13.2 Å². The number of rotatable bonds is 26. The fourth-order valence-corrected chi connectivity index (χ4v) is 6.69. The Hall–Kier alpha value is -1.36. The van der Waals surface area contributed by atoms with Crippen LogP contribution in [-0.2, 0) is 30.9 Å². The largest absolute Gasteiger partial charge is 0.744 e. The maximum absolute atomic E-state index is 10.4. The highest BCUT2D eigenvalue weighted by Crippen LogP contribution is 2.19. The molecule has 0 aliphatic carbocycles. The zero-order chi connectivity index (χ0) is 33.1. The topological polar surface area (TPSA) is 88.8 Å². The van der Waals surface area contributed by atoms with E-state index < -0.39 is 10.1 Å². The van der Waals surface area contributed by atoms with Gasteiger partial charge in [0, 0.05) is 13.0 Å². The van der Waals surface area contributed by atoms with Crippen LogP contribution in [0.15, 0.2) is 46.2 Å². The van der Waals surface area contributed by atoms with Crippen LogP contribution >= 0.6 is 11.3 Å². The minimum Gasteiger partial charge on any atom is -0.744 e. The van der Waals surface area contributed by atoms with Crippen LogP contribution in [-0.4, -0.2) is 45.2 Å². The van der Waals surface area contributed by atoms with Crippen LogP contribution in [0.4, 0.5) is 0 Å². The second-order valence-corrected chi connectivity index (χ2v) is 14.9. The highest BCUT2D eigenvalue weighted by Gasteiger charge is 2.25. The van der Waals surface area contributed by atoms with E-state index >= 15 is 0 Å². The molecular formula is C37H63NO6S2. The molecule has 0 radical (unpaired) electrons. The molecule has 2 atom stereocenters. The van der Waals surface area contributed by atoms with E-state index in [1.807, 2.05) is 6.92 Å². The molecule has 0 unspecified atom stereocenters. The van der Waals surface area contributed by atoms with Crippen LogP contribution < -0.4 is 4.57 Å². The van der Waals surface area contributed by atoms with Gasteiger partial charge in [0.05, 0.1) is 23.5 Å². The van der Waals surface area contributed by atoms with Crippen molar-refractivity contribution in [2.45, 2.75) is 166 Å². The zero-order valence-electron chi connectivity index (χ0n) is 28.9. The molecule has 2 heterocycles. The first-order valence-electron chi connectivity index (χ1n) is 18.2. The molecule has 1 saturated heterocycles. The third-order valence-electron chi connectivity index (χ3n) is 8.45. The van der Waals surface area contributed by atoms with Crippen molar-refractivity contribution in [2.24, 2.45) is 0 Å². The zero-order valence-corrected chi connectivity index (χ0v) is 30.5. The second-order valence-electron chi connectivity index (χ2n) is 12.8. The number of nitrogens with zero attached hydrogens (tertiary/aromatic N) is 1. The smallest absolute Gasteiger partial charge is 0.224 e. The van der Waals surface area contributed by atoms with Crippen molar-refractivity contribution in [3.8, 4) is 0 Å². The third-order valence-corrected chi connectivity index (χ3v) is 9.97. The normalized spacial score (nSPS) is 16.4. The summed E-state index contributed by atoms with van der Waals surface area (Å²) in [4.78, 5) is -0.178. The molecule has 9 heteroatoms. The average molecular weight is 682 g/mol. The van der Waals surface area contributed by atoms with Crippen LogP contribution in [0.25, 0.3) is 0 Å². The van der Waals surface area contributed by atoms with Crippen LogP contribution in [0.5, 0.6) is 0 Å². The van der Waals surface area contributed by atoms with Crippen molar-refractivity contribution in [1.29, 1.82) is 0 Å². The Morgan fingerprint density at radius 1 is 0.826 bits per heavy atom. The van der Waals surface area contributed by atoms with Gasteiger partial charge in [-0.2, -0.15) is 4.57 Å². The SMILES string of the molecule is CCCCCCCCCCCCCCCCC[C@H]1OC[C@H](COCCCCCC[n+]2ccsc2)O1.Cc1ccc(S(=O)(=O)[O-])cc1. The van der Waals surface area contributed by atoms with Crippen molar-refractivity contribution in [3.05, 3.63) is 46.9 Å². The van der Waals surface area contributed by atoms with Crippen LogP contribution in [0.2, 0.25) is 0 Å². The van der Waals surface area contributed by atoms with Crippen molar-refractivity contribution in [1.82, 2.24) is 0 Å². The van der Waals surface area contributed by atoms with Crippen molar-refractivity contribution in [3.63, 3.8) is 0 Å². The number of aryl methyl sites for hydroxylation is 2. The van der Waals surface area contributed by atoms with Gasteiger partial charge < -0.3 is 18.8 Å². The fourth-order valence-electron chi connectivity index (χ4n) is 5.59. The highest BCUT2D eigenvalue weighted by atomic mass is 32.2. The number of hydrogen-bond donors (Lipinski definition) is 0. The number of ether oxygens (including phenoxy) is 3. The van der Waals surface area contributed by atoms with Crippen LogP contribution in [0, 0.1) is 6.92 Å². The number of hydrogen-bond acceptors (Lipinski definition) is 7. The minimum atomic E-state index is -4.27. The molecule has 3 rings (SSSR count). The van der Waals surface area contributed by atoms with Gasteiger partial charge in [-0.3, -0.25) is 0 Å². The molecule has 0 bridgehead atoms. The number of benzene rings is 1. The van der Waals surface area contributed by atoms with E-state index in [2.05, 4.69) is 28.6 Å². The molecule has 7 nitrogen and oxygen atoms in total. The standard InChI is InChI=1S/C30H56NO3S.C7H8O3S/c1-2-3-4-5-6-7-8-9-10-11-12-13-14-15-18-21-30-33-27-29(34-30)26-32-24-20-17-16-19-22-31-23-25-35-28-31;1-6-2-4-7(5-3-6)11(8,9)10/h23,25,28-30H,2-22,24,26-27H2,1H3;2-5H,1H3,(H,8,9,10)/q+1;/p-1/t29-,30-;/m0./s1. The van der Waals surface area contributed by atoms with E-state index in [9.17, 15) is 13.0 Å². The Labute approximate surface area is 285 Å². The summed E-state index contributed by atoms with van der Waals surface area (Å²) in [6.45, 7) is 7.47. The van der Waals surface area contributed by atoms with Crippen LogP contribution in [0.3, 0.4) is 0 Å². The first-order valence-corrected chi connectivity index (χ1v) is 20.5. The summed E-state index contributed by atoms with van der Waals surface area (Å²) in [5.74, 6) is 0.